The van der Waals surface area contributed by atoms with Crippen LogP contribution in [-0.4, -0.2) is 23.2 Å². The summed E-state index contributed by atoms with van der Waals surface area (Å²) in [5.41, 5.74) is 1.04. The topological polar surface area (TPSA) is 71.5 Å². The Kier molecular flexibility index (Phi) is 3.96. The number of ether oxygens (including phenoxy) is 1. The van der Waals surface area contributed by atoms with Gasteiger partial charge in [0.1, 0.15) is 11.6 Å². The number of rotatable bonds is 5. The average Bonchev–Trinajstić information content (AvgIpc) is 2.78. The van der Waals surface area contributed by atoms with Crippen LogP contribution >= 0.6 is 11.3 Å². The van der Waals surface area contributed by atoms with Gasteiger partial charge in [0.15, 0.2) is 5.13 Å². The van der Waals surface area contributed by atoms with Gasteiger partial charge < -0.3 is 15.2 Å². The molecular weight excluding hydrogens is 271 g/mol. The number of methoxy groups -OCH3 is 1. The van der Waals surface area contributed by atoms with E-state index in [-0.39, 0.29) is 6.42 Å². The number of hydrogen-bond donors (Lipinski definition) is 2. The molecule has 7 heteroatoms. The lowest BCUT2D eigenvalue weighted by Gasteiger charge is -2.08. The second-order valence-electron chi connectivity index (χ2n) is 3.68. The number of nitrogens with one attached hydrogen (secondary N) is 1. The van der Waals surface area contributed by atoms with E-state index in [1.807, 2.05) is 0 Å². The molecule has 1 heterocycles. The number of nitrogens with zero attached hydrogens (tertiary/aromatic N) is 1. The van der Waals surface area contributed by atoms with Crippen molar-refractivity contribution < 1.29 is 19.0 Å². The number of hydrogen-bond acceptors (Lipinski definition) is 5. The number of carboxylic acid groups (broad SMARTS) is 1. The van der Waals surface area contributed by atoms with Crippen LogP contribution in [0.1, 0.15) is 5.69 Å². The lowest BCUT2D eigenvalue weighted by Crippen LogP contribution is -2.00. The van der Waals surface area contributed by atoms with Crippen LogP contribution in [0.3, 0.4) is 0 Å². The number of thiazole rings is 1. The third-order valence-electron chi connectivity index (χ3n) is 2.29. The Bertz CT molecular complexity index is 600. The van der Waals surface area contributed by atoms with E-state index in [1.165, 1.54) is 36.6 Å². The minimum absolute atomic E-state index is 0.126. The lowest BCUT2D eigenvalue weighted by atomic mass is 10.3. The normalized spacial score (nSPS) is 10.2. The molecule has 0 saturated heterocycles. The number of aromatic nitrogens is 1. The summed E-state index contributed by atoms with van der Waals surface area (Å²) < 4.78 is 18.1. The highest BCUT2D eigenvalue weighted by Crippen LogP contribution is 2.29. The molecule has 5 nitrogen and oxygen atoms in total. The monoisotopic (exact) mass is 282 g/mol. The van der Waals surface area contributed by atoms with Gasteiger partial charge >= 0.3 is 5.97 Å². The predicted molar refractivity (Wildman–Crippen MR) is 69.7 cm³/mol. The molecule has 1 aromatic heterocycles. The minimum Gasteiger partial charge on any atom is -0.494 e. The maximum atomic E-state index is 13.0. The second-order valence-corrected chi connectivity index (χ2v) is 4.54. The number of halogens is 1. The van der Waals surface area contributed by atoms with Gasteiger partial charge in [-0.25, -0.2) is 9.37 Å². The minimum atomic E-state index is -0.934. The number of anilines is 2. The molecule has 0 aliphatic carbocycles. The third kappa shape index (κ3) is 3.41. The van der Waals surface area contributed by atoms with Crippen LogP contribution < -0.4 is 10.1 Å². The van der Waals surface area contributed by atoms with Gasteiger partial charge in [-0.1, -0.05) is 0 Å². The Balaban J connectivity index is 2.16. The van der Waals surface area contributed by atoms with Gasteiger partial charge in [-0.2, -0.15) is 0 Å². The first kappa shape index (κ1) is 13.3. The van der Waals surface area contributed by atoms with Crippen LogP contribution in [0.4, 0.5) is 15.2 Å². The maximum absolute atomic E-state index is 13.0. The van der Waals surface area contributed by atoms with Crippen LogP contribution in [0.25, 0.3) is 0 Å². The van der Waals surface area contributed by atoms with Gasteiger partial charge in [0.25, 0.3) is 0 Å². The van der Waals surface area contributed by atoms with Crippen LogP contribution in [0.5, 0.6) is 5.75 Å². The van der Waals surface area contributed by atoms with Crippen LogP contribution in [0, 0.1) is 5.82 Å². The Morgan fingerprint density at radius 1 is 1.58 bits per heavy atom. The highest BCUT2D eigenvalue weighted by atomic mass is 32.1. The Morgan fingerprint density at radius 3 is 3.05 bits per heavy atom. The summed E-state index contributed by atoms with van der Waals surface area (Å²) in [5, 5.41) is 13.8. The number of carboxylic acids is 1. The zero-order valence-electron chi connectivity index (χ0n) is 10.0. The van der Waals surface area contributed by atoms with Crippen molar-refractivity contribution in [2.24, 2.45) is 0 Å². The molecule has 2 rings (SSSR count). The summed E-state index contributed by atoms with van der Waals surface area (Å²) in [4.78, 5) is 14.7. The van der Waals surface area contributed by atoms with Crippen molar-refractivity contribution in [1.29, 1.82) is 0 Å². The smallest absolute Gasteiger partial charge is 0.309 e. The number of benzene rings is 1. The first-order chi connectivity index (χ1) is 9.08. The van der Waals surface area contributed by atoms with Crippen molar-refractivity contribution >= 4 is 28.1 Å². The predicted octanol–water partition coefficient (Wildman–Crippen LogP) is 2.66. The van der Waals surface area contributed by atoms with Crippen molar-refractivity contribution in [3.05, 3.63) is 35.1 Å². The molecule has 2 aromatic rings. The number of carbonyl (C=O) groups is 1. The van der Waals surface area contributed by atoms with E-state index in [4.69, 9.17) is 9.84 Å². The number of aliphatic carboxylic acids is 1. The molecule has 0 unspecified atom stereocenters. The largest absolute Gasteiger partial charge is 0.494 e. The Hall–Kier alpha value is -2.15. The van der Waals surface area contributed by atoms with Crippen molar-refractivity contribution in [1.82, 2.24) is 4.98 Å². The molecule has 0 amide bonds. The molecule has 0 aliphatic heterocycles. The standard InChI is InChI=1S/C12H11FN2O3S/c1-18-10-4-7(13)2-3-9(10)15-12-14-8(6-19-12)5-11(16)17/h2-4,6H,5H2,1H3,(H,14,15)(H,16,17). The summed E-state index contributed by atoms with van der Waals surface area (Å²) in [5.74, 6) is -0.973. The SMILES string of the molecule is COc1cc(F)ccc1Nc1nc(CC(=O)O)cs1. The van der Waals surface area contributed by atoms with E-state index < -0.39 is 11.8 Å². The molecule has 0 radical (unpaired) electrons. The van der Waals surface area contributed by atoms with E-state index >= 15 is 0 Å². The van der Waals surface area contributed by atoms with Crippen molar-refractivity contribution in [3.8, 4) is 5.75 Å². The van der Waals surface area contributed by atoms with Gasteiger partial charge in [-0.3, -0.25) is 4.79 Å². The molecule has 19 heavy (non-hydrogen) atoms. The average molecular weight is 282 g/mol. The van der Waals surface area contributed by atoms with Gasteiger partial charge in [0.2, 0.25) is 0 Å². The van der Waals surface area contributed by atoms with E-state index in [1.54, 1.807) is 5.38 Å². The third-order valence-corrected chi connectivity index (χ3v) is 3.10. The van der Waals surface area contributed by atoms with E-state index in [9.17, 15) is 9.18 Å². The summed E-state index contributed by atoms with van der Waals surface area (Å²) in [7, 11) is 1.44. The Labute approximate surface area is 112 Å². The molecule has 0 saturated carbocycles. The molecule has 2 N–H and O–H groups in total. The summed E-state index contributed by atoms with van der Waals surface area (Å²) >= 11 is 1.27. The van der Waals surface area contributed by atoms with Crippen LogP contribution in [-0.2, 0) is 11.2 Å². The van der Waals surface area contributed by atoms with E-state index in [2.05, 4.69) is 10.3 Å². The first-order valence-electron chi connectivity index (χ1n) is 5.35. The molecule has 100 valence electrons. The summed E-state index contributed by atoms with van der Waals surface area (Å²) in [6, 6.07) is 4.09. The van der Waals surface area contributed by atoms with Crippen molar-refractivity contribution in [2.45, 2.75) is 6.42 Å². The molecular formula is C12H11FN2O3S. The molecule has 0 fully saturated rings. The zero-order chi connectivity index (χ0) is 13.8. The fourth-order valence-corrected chi connectivity index (χ4v) is 2.21. The van der Waals surface area contributed by atoms with Crippen molar-refractivity contribution in [3.63, 3.8) is 0 Å². The van der Waals surface area contributed by atoms with Gasteiger partial charge in [-0.05, 0) is 12.1 Å². The molecule has 1 aromatic carbocycles. The van der Waals surface area contributed by atoms with Crippen LogP contribution in [0.2, 0.25) is 0 Å². The summed E-state index contributed by atoms with van der Waals surface area (Å²) in [6.07, 6.45) is -0.126. The molecule has 0 bridgehead atoms. The lowest BCUT2D eigenvalue weighted by molar-refractivity contribution is -0.136. The Morgan fingerprint density at radius 2 is 2.37 bits per heavy atom. The molecule has 0 aliphatic rings. The van der Waals surface area contributed by atoms with Gasteiger partial charge in [0.05, 0.1) is 24.9 Å². The molecule has 0 spiro atoms. The highest BCUT2D eigenvalue weighted by molar-refractivity contribution is 7.13. The first-order valence-corrected chi connectivity index (χ1v) is 6.23. The highest BCUT2D eigenvalue weighted by Gasteiger charge is 2.09. The fraction of sp³-hybridized carbons (Fsp3) is 0.167. The maximum Gasteiger partial charge on any atom is 0.309 e. The summed E-state index contributed by atoms with van der Waals surface area (Å²) in [6.45, 7) is 0. The van der Waals surface area contributed by atoms with Gasteiger partial charge in [-0.15, -0.1) is 11.3 Å². The van der Waals surface area contributed by atoms with Gasteiger partial charge in [0, 0.05) is 11.4 Å². The quantitative estimate of drug-likeness (QED) is 0.882. The molecule has 0 atom stereocenters. The van der Waals surface area contributed by atoms with Crippen molar-refractivity contribution in [2.75, 3.05) is 12.4 Å². The fourth-order valence-electron chi connectivity index (χ4n) is 1.48. The zero-order valence-corrected chi connectivity index (χ0v) is 10.8. The second kappa shape index (κ2) is 5.66. The van der Waals surface area contributed by atoms with E-state index in [0.717, 1.165) is 0 Å². The van der Waals surface area contributed by atoms with Crippen LogP contribution in [0.15, 0.2) is 23.6 Å². The van der Waals surface area contributed by atoms with E-state index in [0.29, 0.717) is 22.3 Å².